The zero-order valence-corrected chi connectivity index (χ0v) is 13.7. The highest BCUT2D eigenvalue weighted by molar-refractivity contribution is 7.18. The summed E-state index contributed by atoms with van der Waals surface area (Å²) in [6.07, 6.45) is 5.24. The van der Waals surface area contributed by atoms with Crippen LogP contribution in [-0.2, 0) is 6.42 Å². The monoisotopic (exact) mass is 309 g/mol. The number of aromatic nitrogens is 2. The lowest BCUT2D eigenvalue weighted by molar-refractivity contribution is 0.599. The van der Waals surface area contributed by atoms with Gasteiger partial charge < -0.3 is 5.32 Å². The van der Waals surface area contributed by atoms with Crippen molar-refractivity contribution in [3.63, 3.8) is 0 Å². The van der Waals surface area contributed by atoms with Gasteiger partial charge in [0.15, 0.2) is 0 Å². The van der Waals surface area contributed by atoms with Gasteiger partial charge in [0.25, 0.3) is 0 Å². The summed E-state index contributed by atoms with van der Waals surface area (Å²) in [7, 11) is 0. The molecule has 22 heavy (non-hydrogen) atoms. The highest BCUT2D eigenvalue weighted by atomic mass is 32.1. The van der Waals surface area contributed by atoms with Gasteiger partial charge in [-0.15, -0.1) is 11.3 Å². The maximum Gasteiger partial charge on any atom is 0.138 e. The lowest BCUT2D eigenvalue weighted by Crippen LogP contribution is -2.18. The number of anilines is 1. The van der Waals surface area contributed by atoms with E-state index in [1.165, 1.54) is 39.8 Å². The van der Waals surface area contributed by atoms with E-state index in [0.717, 1.165) is 17.1 Å². The number of hydrogen-bond donors (Lipinski definition) is 1. The molecule has 1 aliphatic carbocycles. The molecular formula is C18H19N3S. The van der Waals surface area contributed by atoms with E-state index in [9.17, 15) is 0 Å². The molecule has 2 heterocycles. The number of rotatable bonds is 2. The van der Waals surface area contributed by atoms with Gasteiger partial charge in [0.2, 0.25) is 0 Å². The Kier molecular flexibility index (Phi) is 3.34. The van der Waals surface area contributed by atoms with Crippen molar-refractivity contribution in [2.45, 2.75) is 39.2 Å². The predicted octanol–water partition coefficient (Wildman–Crippen LogP) is 4.80. The molecule has 2 aromatic heterocycles. The molecule has 0 saturated carbocycles. The van der Waals surface area contributed by atoms with Gasteiger partial charge in [-0.1, -0.05) is 24.3 Å². The Morgan fingerprint density at radius 3 is 2.95 bits per heavy atom. The first-order valence-corrected chi connectivity index (χ1v) is 8.60. The van der Waals surface area contributed by atoms with E-state index in [-0.39, 0.29) is 0 Å². The normalized spacial score (nSPS) is 17.5. The molecule has 0 saturated heterocycles. The third-order valence-corrected chi connectivity index (χ3v) is 5.76. The molecule has 1 aromatic carbocycles. The molecule has 0 spiro atoms. The summed E-state index contributed by atoms with van der Waals surface area (Å²) in [6, 6.07) is 9.11. The minimum atomic E-state index is 0.350. The summed E-state index contributed by atoms with van der Waals surface area (Å²) in [6.45, 7) is 4.32. The maximum absolute atomic E-state index is 4.53. The average molecular weight is 309 g/mol. The van der Waals surface area contributed by atoms with Crippen molar-refractivity contribution in [1.82, 2.24) is 9.97 Å². The fourth-order valence-electron chi connectivity index (χ4n) is 3.36. The Morgan fingerprint density at radius 1 is 1.18 bits per heavy atom. The van der Waals surface area contributed by atoms with Gasteiger partial charge in [0.1, 0.15) is 17.0 Å². The van der Waals surface area contributed by atoms with E-state index in [4.69, 9.17) is 0 Å². The van der Waals surface area contributed by atoms with Crippen LogP contribution < -0.4 is 5.32 Å². The number of aryl methyl sites for hydroxylation is 3. The molecule has 4 rings (SSSR count). The van der Waals surface area contributed by atoms with Crippen LogP contribution in [0.4, 0.5) is 5.82 Å². The second kappa shape index (κ2) is 5.36. The van der Waals surface area contributed by atoms with Gasteiger partial charge in [-0.3, -0.25) is 0 Å². The molecule has 0 radical (unpaired) electrons. The van der Waals surface area contributed by atoms with Gasteiger partial charge in [-0.25, -0.2) is 9.97 Å². The zero-order chi connectivity index (χ0) is 15.1. The zero-order valence-electron chi connectivity index (χ0n) is 12.9. The van der Waals surface area contributed by atoms with E-state index in [1.807, 2.05) is 0 Å². The SMILES string of the molecule is Cc1sc2ncnc(NC3CCCc4ccccc43)c2c1C. The van der Waals surface area contributed by atoms with E-state index >= 15 is 0 Å². The highest BCUT2D eigenvalue weighted by Gasteiger charge is 2.21. The predicted molar refractivity (Wildman–Crippen MR) is 92.6 cm³/mol. The Labute approximate surface area is 134 Å². The minimum Gasteiger partial charge on any atom is -0.363 e. The van der Waals surface area contributed by atoms with Crippen LogP contribution in [-0.4, -0.2) is 9.97 Å². The van der Waals surface area contributed by atoms with Crippen molar-refractivity contribution < 1.29 is 0 Å². The van der Waals surface area contributed by atoms with Crippen molar-refractivity contribution >= 4 is 27.4 Å². The lowest BCUT2D eigenvalue weighted by atomic mass is 9.88. The van der Waals surface area contributed by atoms with Crippen molar-refractivity contribution in [2.24, 2.45) is 0 Å². The molecule has 1 aliphatic rings. The lowest BCUT2D eigenvalue weighted by Gasteiger charge is -2.27. The summed E-state index contributed by atoms with van der Waals surface area (Å²) < 4.78 is 0. The van der Waals surface area contributed by atoms with Crippen LogP contribution in [0.15, 0.2) is 30.6 Å². The number of benzene rings is 1. The Hall–Kier alpha value is -1.94. The van der Waals surface area contributed by atoms with Gasteiger partial charge in [0.05, 0.1) is 11.4 Å². The molecule has 3 aromatic rings. The molecule has 0 fully saturated rings. The fraction of sp³-hybridized carbons (Fsp3) is 0.333. The third kappa shape index (κ3) is 2.18. The van der Waals surface area contributed by atoms with Crippen LogP contribution in [0.25, 0.3) is 10.2 Å². The highest BCUT2D eigenvalue weighted by Crippen LogP contribution is 2.36. The van der Waals surface area contributed by atoms with Crippen molar-refractivity contribution in [3.05, 3.63) is 52.2 Å². The number of thiophene rings is 1. The van der Waals surface area contributed by atoms with Crippen molar-refractivity contribution in [3.8, 4) is 0 Å². The quantitative estimate of drug-likeness (QED) is 0.739. The minimum absolute atomic E-state index is 0.350. The third-order valence-electron chi connectivity index (χ3n) is 4.65. The summed E-state index contributed by atoms with van der Waals surface area (Å²) >= 11 is 1.75. The molecule has 0 amide bonds. The largest absolute Gasteiger partial charge is 0.363 e. The van der Waals surface area contributed by atoms with E-state index in [1.54, 1.807) is 17.7 Å². The Morgan fingerprint density at radius 2 is 2.05 bits per heavy atom. The second-order valence-electron chi connectivity index (χ2n) is 5.97. The summed E-state index contributed by atoms with van der Waals surface area (Å²) in [5.74, 6) is 0.980. The smallest absolute Gasteiger partial charge is 0.138 e. The number of hydrogen-bond acceptors (Lipinski definition) is 4. The molecule has 3 nitrogen and oxygen atoms in total. The summed E-state index contributed by atoms with van der Waals surface area (Å²) in [5, 5.41) is 4.88. The van der Waals surface area contributed by atoms with Crippen LogP contribution in [0.2, 0.25) is 0 Å². The summed E-state index contributed by atoms with van der Waals surface area (Å²) in [4.78, 5) is 11.4. The first-order chi connectivity index (χ1) is 10.7. The molecule has 1 N–H and O–H groups in total. The van der Waals surface area contributed by atoms with E-state index in [0.29, 0.717) is 6.04 Å². The fourth-order valence-corrected chi connectivity index (χ4v) is 4.36. The topological polar surface area (TPSA) is 37.8 Å². The maximum atomic E-state index is 4.53. The molecule has 1 atom stereocenters. The average Bonchev–Trinajstić information content (AvgIpc) is 2.83. The number of fused-ring (bicyclic) bond motifs is 2. The Bertz CT molecular complexity index is 837. The van der Waals surface area contributed by atoms with Crippen LogP contribution in [0, 0.1) is 13.8 Å². The molecule has 0 bridgehead atoms. The molecule has 112 valence electrons. The van der Waals surface area contributed by atoms with Gasteiger partial charge in [0, 0.05) is 4.88 Å². The van der Waals surface area contributed by atoms with Crippen molar-refractivity contribution in [1.29, 1.82) is 0 Å². The standard InChI is InChI=1S/C18H19N3S/c1-11-12(2)22-18-16(11)17(19-10-20-18)21-15-9-5-7-13-6-3-4-8-14(13)15/h3-4,6,8,10,15H,5,7,9H2,1-2H3,(H,19,20,21). The molecule has 0 aliphatic heterocycles. The van der Waals surface area contributed by atoms with Gasteiger partial charge >= 0.3 is 0 Å². The van der Waals surface area contributed by atoms with Crippen LogP contribution >= 0.6 is 11.3 Å². The number of nitrogens with zero attached hydrogens (tertiary/aromatic N) is 2. The number of nitrogens with one attached hydrogen (secondary N) is 1. The van der Waals surface area contributed by atoms with Crippen LogP contribution in [0.3, 0.4) is 0 Å². The Balaban J connectivity index is 1.76. The molecule has 4 heteroatoms. The van der Waals surface area contributed by atoms with E-state index in [2.05, 4.69) is 53.4 Å². The molecular weight excluding hydrogens is 290 g/mol. The first-order valence-electron chi connectivity index (χ1n) is 7.79. The van der Waals surface area contributed by atoms with Gasteiger partial charge in [-0.2, -0.15) is 0 Å². The first kappa shape index (κ1) is 13.7. The van der Waals surface area contributed by atoms with E-state index < -0.39 is 0 Å². The van der Waals surface area contributed by atoms with Crippen molar-refractivity contribution in [2.75, 3.05) is 5.32 Å². The van der Waals surface area contributed by atoms with Crippen LogP contribution in [0.5, 0.6) is 0 Å². The second-order valence-corrected chi connectivity index (χ2v) is 7.18. The van der Waals surface area contributed by atoms with Crippen LogP contribution in [0.1, 0.15) is 40.5 Å². The molecule has 1 unspecified atom stereocenters. The summed E-state index contributed by atoms with van der Waals surface area (Å²) in [5.41, 5.74) is 4.19. The van der Waals surface area contributed by atoms with Gasteiger partial charge in [-0.05, 0) is 49.8 Å².